The van der Waals surface area contributed by atoms with E-state index >= 15 is 0 Å². The minimum atomic E-state index is -3.50. The Hall–Kier alpha value is -1.91. The Morgan fingerprint density at radius 3 is 2.64 bits per heavy atom. The van der Waals surface area contributed by atoms with Gasteiger partial charge < -0.3 is 9.09 Å². The molecule has 0 bridgehead atoms. The van der Waals surface area contributed by atoms with Gasteiger partial charge in [0.2, 0.25) is 15.9 Å². The van der Waals surface area contributed by atoms with Gasteiger partial charge in [0.05, 0.1) is 21.7 Å². The first-order valence-electron chi connectivity index (χ1n) is 9.23. The van der Waals surface area contributed by atoms with Crippen molar-refractivity contribution in [3.05, 3.63) is 29.9 Å². The van der Waals surface area contributed by atoms with Gasteiger partial charge in [-0.15, -0.1) is 0 Å². The van der Waals surface area contributed by atoms with Crippen LogP contribution < -0.4 is 0 Å². The zero-order valence-electron chi connectivity index (χ0n) is 16.5. The molecule has 0 atom stereocenters. The third-order valence-electron chi connectivity index (χ3n) is 4.34. The van der Waals surface area contributed by atoms with Crippen molar-refractivity contribution >= 4 is 32.8 Å². The molecular weight excluding hydrogens is 398 g/mol. The van der Waals surface area contributed by atoms with Crippen LogP contribution in [0.4, 0.5) is 0 Å². The summed E-state index contributed by atoms with van der Waals surface area (Å²) in [5.74, 6) is 1.79. The lowest BCUT2D eigenvalue weighted by molar-refractivity contribution is 0.378. The number of benzene rings is 1. The van der Waals surface area contributed by atoms with E-state index < -0.39 is 10.0 Å². The van der Waals surface area contributed by atoms with E-state index in [-0.39, 0.29) is 4.90 Å². The summed E-state index contributed by atoms with van der Waals surface area (Å²) in [6.45, 7) is 4.93. The Labute approximate surface area is 169 Å². The number of fused-ring (bicyclic) bond motifs is 1. The van der Waals surface area contributed by atoms with Crippen LogP contribution in [0.1, 0.15) is 38.4 Å². The number of hydrogen-bond donors (Lipinski definition) is 0. The summed E-state index contributed by atoms with van der Waals surface area (Å²) >= 11 is 1.53. The molecule has 152 valence electrons. The number of rotatable bonds is 9. The van der Waals surface area contributed by atoms with Crippen molar-refractivity contribution in [2.45, 2.75) is 55.5 Å². The molecule has 0 amide bonds. The summed E-state index contributed by atoms with van der Waals surface area (Å²) in [7, 11) is -0.452. The van der Waals surface area contributed by atoms with Gasteiger partial charge >= 0.3 is 0 Å². The zero-order valence-corrected chi connectivity index (χ0v) is 18.2. The second-order valence-corrected chi connectivity index (χ2v) is 9.68. The normalized spacial score (nSPS) is 12.3. The van der Waals surface area contributed by atoms with Crippen LogP contribution >= 0.6 is 11.8 Å². The van der Waals surface area contributed by atoms with Crippen LogP contribution in [-0.4, -0.2) is 46.5 Å². The average molecular weight is 424 g/mol. The van der Waals surface area contributed by atoms with Crippen LogP contribution in [0.5, 0.6) is 0 Å². The van der Waals surface area contributed by atoms with Crippen LogP contribution in [0.25, 0.3) is 11.0 Å². The Bertz CT molecular complexity index is 1060. The molecule has 0 spiro atoms. The van der Waals surface area contributed by atoms with Crippen molar-refractivity contribution in [3.8, 4) is 0 Å². The molecule has 0 aliphatic heterocycles. The van der Waals surface area contributed by atoms with E-state index in [1.165, 1.54) is 30.2 Å². The second-order valence-electron chi connectivity index (χ2n) is 6.58. The van der Waals surface area contributed by atoms with E-state index in [2.05, 4.69) is 21.6 Å². The maximum Gasteiger partial charge on any atom is 0.242 e. The third kappa shape index (κ3) is 4.23. The number of imidazole rings is 1. The molecule has 0 fully saturated rings. The van der Waals surface area contributed by atoms with Gasteiger partial charge in [0.15, 0.2) is 11.0 Å². The van der Waals surface area contributed by atoms with E-state index in [1.807, 2.05) is 13.0 Å². The van der Waals surface area contributed by atoms with Crippen molar-refractivity contribution in [1.29, 1.82) is 0 Å². The van der Waals surface area contributed by atoms with Gasteiger partial charge in [-0.2, -0.15) is 4.98 Å². The zero-order chi connectivity index (χ0) is 20.3. The smallest absolute Gasteiger partial charge is 0.242 e. The summed E-state index contributed by atoms with van der Waals surface area (Å²) in [5.41, 5.74) is 1.60. The van der Waals surface area contributed by atoms with Gasteiger partial charge in [-0.1, -0.05) is 37.2 Å². The fraction of sp³-hybridized carbons (Fsp3) is 0.500. The minimum Gasteiger partial charge on any atom is -0.339 e. The summed E-state index contributed by atoms with van der Waals surface area (Å²) in [6.07, 6.45) is 2.77. The molecule has 8 nitrogen and oxygen atoms in total. The molecule has 1 aromatic carbocycles. The van der Waals surface area contributed by atoms with Crippen molar-refractivity contribution < 1.29 is 12.9 Å². The Balaban J connectivity index is 1.95. The lowest BCUT2D eigenvalue weighted by Gasteiger charge is -2.11. The van der Waals surface area contributed by atoms with E-state index in [9.17, 15) is 8.42 Å². The fourth-order valence-electron chi connectivity index (χ4n) is 2.72. The average Bonchev–Trinajstić information content (AvgIpc) is 3.27. The van der Waals surface area contributed by atoms with Gasteiger partial charge in [-0.25, -0.2) is 17.7 Å². The first-order chi connectivity index (χ1) is 13.4. The van der Waals surface area contributed by atoms with E-state index in [4.69, 9.17) is 9.51 Å². The molecule has 0 N–H and O–H groups in total. The SMILES string of the molecule is CCCCn1c(SCc2noc(CC)n2)nc2cc(S(=O)(=O)N(C)C)ccc21. The highest BCUT2D eigenvalue weighted by molar-refractivity contribution is 7.98. The fourth-order valence-corrected chi connectivity index (χ4v) is 4.53. The molecule has 28 heavy (non-hydrogen) atoms. The molecule has 0 saturated heterocycles. The highest BCUT2D eigenvalue weighted by Gasteiger charge is 2.20. The third-order valence-corrected chi connectivity index (χ3v) is 7.12. The molecule has 0 radical (unpaired) electrons. The van der Waals surface area contributed by atoms with Crippen molar-refractivity contribution in [2.24, 2.45) is 0 Å². The summed E-state index contributed by atoms with van der Waals surface area (Å²) in [6, 6.07) is 5.12. The molecule has 3 rings (SSSR count). The summed E-state index contributed by atoms with van der Waals surface area (Å²) in [4.78, 5) is 9.28. The Morgan fingerprint density at radius 1 is 1.21 bits per heavy atom. The van der Waals surface area contributed by atoms with Crippen LogP contribution in [0.2, 0.25) is 0 Å². The van der Waals surface area contributed by atoms with Crippen LogP contribution in [0.3, 0.4) is 0 Å². The lowest BCUT2D eigenvalue weighted by atomic mass is 10.3. The maximum absolute atomic E-state index is 12.4. The van der Waals surface area contributed by atoms with E-state index in [0.29, 0.717) is 29.4 Å². The number of aryl methyl sites for hydroxylation is 2. The molecule has 0 unspecified atom stereocenters. The topological polar surface area (TPSA) is 94.1 Å². The molecular formula is C18H25N5O3S2. The molecule has 0 saturated carbocycles. The predicted octanol–water partition coefficient (Wildman–Crippen LogP) is 3.32. The summed E-state index contributed by atoms with van der Waals surface area (Å²) < 4.78 is 33.4. The minimum absolute atomic E-state index is 0.243. The Kier molecular flexibility index (Phi) is 6.41. The van der Waals surface area contributed by atoms with Gasteiger partial charge in [0, 0.05) is 27.1 Å². The van der Waals surface area contributed by atoms with Gasteiger partial charge in [-0.3, -0.25) is 0 Å². The van der Waals surface area contributed by atoms with Gasteiger partial charge in [0.1, 0.15) is 0 Å². The van der Waals surface area contributed by atoms with Crippen LogP contribution in [0.15, 0.2) is 32.8 Å². The van der Waals surface area contributed by atoms with E-state index in [0.717, 1.165) is 30.1 Å². The molecule has 10 heteroatoms. The van der Waals surface area contributed by atoms with Crippen molar-refractivity contribution in [1.82, 2.24) is 24.0 Å². The Morgan fingerprint density at radius 2 is 2.00 bits per heavy atom. The number of sulfonamides is 1. The van der Waals surface area contributed by atoms with Crippen molar-refractivity contribution in [2.75, 3.05) is 14.1 Å². The van der Waals surface area contributed by atoms with Gasteiger partial charge in [-0.05, 0) is 24.6 Å². The maximum atomic E-state index is 12.4. The monoisotopic (exact) mass is 423 g/mol. The first-order valence-corrected chi connectivity index (χ1v) is 11.7. The first kappa shape index (κ1) is 20.8. The second kappa shape index (κ2) is 8.62. The number of aromatic nitrogens is 4. The molecule has 2 aromatic heterocycles. The molecule has 3 aromatic rings. The predicted molar refractivity (Wildman–Crippen MR) is 109 cm³/mol. The van der Waals surface area contributed by atoms with E-state index in [1.54, 1.807) is 12.1 Å². The van der Waals surface area contributed by atoms with Gasteiger partial charge in [0.25, 0.3) is 0 Å². The molecule has 2 heterocycles. The number of unbranched alkanes of at least 4 members (excludes halogenated alkanes) is 1. The number of nitrogens with zero attached hydrogens (tertiary/aromatic N) is 5. The largest absolute Gasteiger partial charge is 0.339 e. The number of thioether (sulfide) groups is 1. The quantitative estimate of drug-likeness (QED) is 0.487. The summed E-state index contributed by atoms with van der Waals surface area (Å²) in [5, 5.41) is 4.81. The number of hydrogen-bond acceptors (Lipinski definition) is 7. The van der Waals surface area contributed by atoms with Crippen molar-refractivity contribution in [3.63, 3.8) is 0 Å². The standard InChI is InChI=1S/C18H25N5O3S2/c1-5-7-10-23-15-9-8-13(28(24,25)22(3)4)11-14(15)19-18(23)27-12-16-20-17(6-2)26-21-16/h8-9,11H,5-7,10,12H2,1-4H3. The van der Waals surface area contributed by atoms with Crippen LogP contribution in [0, 0.1) is 0 Å². The molecule has 0 aliphatic carbocycles. The van der Waals surface area contributed by atoms with Crippen LogP contribution in [-0.2, 0) is 28.7 Å². The highest BCUT2D eigenvalue weighted by atomic mass is 32.2. The molecule has 0 aliphatic rings. The lowest BCUT2D eigenvalue weighted by Crippen LogP contribution is -2.22. The highest BCUT2D eigenvalue weighted by Crippen LogP contribution is 2.28.